The summed E-state index contributed by atoms with van der Waals surface area (Å²) in [5, 5.41) is 8.39. The number of carbonyl (C=O) groups excluding carboxylic acids is 3. The first-order valence-corrected chi connectivity index (χ1v) is 5.74. The molecule has 0 unspecified atom stereocenters. The van der Waals surface area contributed by atoms with Crippen molar-refractivity contribution >= 4 is 23.9 Å². The first-order chi connectivity index (χ1) is 8.86. The lowest BCUT2D eigenvalue weighted by Gasteiger charge is -2.09. The van der Waals surface area contributed by atoms with Crippen LogP contribution >= 0.6 is 0 Å². The third-order valence-electron chi connectivity index (χ3n) is 1.99. The smallest absolute Gasteiger partial charge is 0.351 e. The Morgan fingerprint density at radius 2 is 1.79 bits per heavy atom. The van der Waals surface area contributed by atoms with Gasteiger partial charge < -0.3 is 20.3 Å². The van der Waals surface area contributed by atoms with Gasteiger partial charge in [0.25, 0.3) is 0 Å². The summed E-state index contributed by atoms with van der Waals surface area (Å²) in [6.45, 7) is 1.02. The van der Waals surface area contributed by atoms with Gasteiger partial charge in [0.1, 0.15) is 6.04 Å². The second-order valence-electron chi connectivity index (χ2n) is 3.74. The molecular formula is C11H17NO7. The number of esters is 3. The second kappa shape index (κ2) is 9.03. The Labute approximate surface area is 109 Å². The lowest BCUT2D eigenvalue weighted by atomic mass is 10.2. The SMILES string of the molecule is CCCC(=O)OC(=O)COC(=O)[C@@H](N)CCC(=O)O. The summed E-state index contributed by atoms with van der Waals surface area (Å²) in [6.07, 6.45) is 0.247. The summed E-state index contributed by atoms with van der Waals surface area (Å²) in [6, 6.07) is -1.13. The molecule has 0 aromatic heterocycles. The number of ether oxygens (including phenoxy) is 2. The maximum absolute atomic E-state index is 11.2. The average molecular weight is 275 g/mol. The van der Waals surface area contributed by atoms with E-state index in [9.17, 15) is 19.2 Å². The lowest BCUT2D eigenvalue weighted by molar-refractivity contribution is -0.167. The van der Waals surface area contributed by atoms with Gasteiger partial charge in [0, 0.05) is 12.8 Å². The third-order valence-corrected chi connectivity index (χ3v) is 1.99. The molecule has 0 aromatic carbocycles. The molecular weight excluding hydrogens is 258 g/mol. The molecule has 0 radical (unpaired) electrons. The summed E-state index contributed by atoms with van der Waals surface area (Å²) in [5.41, 5.74) is 5.34. The Morgan fingerprint density at radius 1 is 1.16 bits per heavy atom. The predicted octanol–water partition coefficient (Wildman–Crippen LogP) is -0.408. The van der Waals surface area contributed by atoms with Crippen LogP contribution in [-0.4, -0.2) is 41.6 Å². The van der Waals surface area contributed by atoms with Crippen LogP contribution in [-0.2, 0) is 28.7 Å². The Morgan fingerprint density at radius 3 is 2.32 bits per heavy atom. The predicted molar refractivity (Wildman–Crippen MR) is 61.8 cm³/mol. The van der Waals surface area contributed by atoms with Gasteiger partial charge >= 0.3 is 23.9 Å². The Hall–Kier alpha value is -1.96. The summed E-state index contributed by atoms with van der Waals surface area (Å²) in [7, 11) is 0. The van der Waals surface area contributed by atoms with Gasteiger partial charge in [-0.3, -0.25) is 14.4 Å². The molecule has 0 aromatic rings. The van der Waals surface area contributed by atoms with Crippen molar-refractivity contribution in [2.45, 2.75) is 38.6 Å². The molecule has 8 nitrogen and oxygen atoms in total. The molecule has 108 valence electrons. The van der Waals surface area contributed by atoms with Crippen molar-refractivity contribution in [3.63, 3.8) is 0 Å². The number of nitrogens with two attached hydrogens (primary N) is 1. The number of rotatable bonds is 8. The molecule has 19 heavy (non-hydrogen) atoms. The van der Waals surface area contributed by atoms with Gasteiger partial charge in [0.2, 0.25) is 0 Å². The molecule has 0 aliphatic carbocycles. The number of aliphatic carboxylic acids is 1. The molecule has 0 heterocycles. The maximum atomic E-state index is 11.2. The molecule has 0 saturated carbocycles. The minimum atomic E-state index is -1.13. The van der Waals surface area contributed by atoms with E-state index >= 15 is 0 Å². The first-order valence-electron chi connectivity index (χ1n) is 5.74. The van der Waals surface area contributed by atoms with E-state index in [1.807, 2.05) is 0 Å². The number of hydrogen-bond acceptors (Lipinski definition) is 7. The molecule has 3 N–H and O–H groups in total. The second-order valence-corrected chi connectivity index (χ2v) is 3.74. The maximum Gasteiger partial charge on any atom is 0.351 e. The van der Waals surface area contributed by atoms with E-state index in [2.05, 4.69) is 9.47 Å². The molecule has 0 aliphatic heterocycles. The van der Waals surface area contributed by atoms with Gasteiger partial charge in [-0.2, -0.15) is 0 Å². The summed E-state index contributed by atoms with van der Waals surface area (Å²) in [5.74, 6) is -3.69. The molecule has 0 rings (SSSR count). The van der Waals surface area contributed by atoms with Gasteiger partial charge in [-0.05, 0) is 12.8 Å². The molecule has 1 atom stereocenters. The van der Waals surface area contributed by atoms with E-state index in [0.29, 0.717) is 6.42 Å². The minimum Gasteiger partial charge on any atom is -0.481 e. The van der Waals surface area contributed by atoms with Crippen LogP contribution in [0.4, 0.5) is 0 Å². The number of carboxylic acids is 1. The highest BCUT2D eigenvalue weighted by atomic mass is 16.6. The zero-order valence-corrected chi connectivity index (χ0v) is 10.6. The van der Waals surface area contributed by atoms with Gasteiger partial charge in [-0.15, -0.1) is 0 Å². The Balaban J connectivity index is 3.91. The van der Waals surface area contributed by atoms with Crippen LogP contribution in [0, 0.1) is 0 Å². The van der Waals surface area contributed by atoms with Crippen LogP contribution < -0.4 is 5.73 Å². The highest BCUT2D eigenvalue weighted by molar-refractivity contribution is 5.87. The highest BCUT2D eigenvalue weighted by Crippen LogP contribution is 1.98. The van der Waals surface area contributed by atoms with Crippen molar-refractivity contribution in [1.29, 1.82) is 0 Å². The topological polar surface area (TPSA) is 133 Å². The van der Waals surface area contributed by atoms with E-state index in [1.165, 1.54) is 0 Å². The van der Waals surface area contributed by atoms with E-state index in [0.717, 1.165) is 0 Å². The Kier molecular flexibility index (Phi) is 8.10. The minimum absolute atomic E-state index is 0.0951. The van der Waals surface area contributed by atoms with Crippen LogP contribution in [0.2, 0.25) is 0 Å². The number of carbonyl (C=O) groups is 4. The monoisotopic (exact) mass is 275 g/mol. The molecule has 0 amide bonds. The van der Waals surface area contributed by atoms with Gasteiger partial charge in [0.15, 0.2) is 6.61 Å². The van der Waals surface area contributed by atoms with Crippen molar-refractivity contribution in [1.82, 2.24) is 0 Å². The fourth-order valence-corrected chi connectivity index (χ4v) is 1.05. The lowest BCUT2D eigenvalue weighted by Crippen LogP contribution is -2.34. The first kappa shape index (κ1) is 17.0. The molecule has 0 aliphatic rings. The van der Waals surface area contributed by atoms with Gasteiger partial charge in [-0.1, -0.05) is 6.92 Å². The fraction of sp³-hybridized carbons (Fsp3) is 0.636. The van der Waals surface area contributed by atoms with E-state index in [4.69, 9.17) is 10.8 Å². The molecule has 0 bridgehead atoms. The van der Waals surface area contributed by atoms with E-state index in [1.54, 1.807) is 6.92 Å². The molecule has 0 spiro atoms. The zero-order chi connectivity index (χ0) is 14.8. The van der Waals surface area contributed by atoms with E-state index in [-0.39, 0.29) is 19.3 Å². The van der Waals surface area contributed by atoms with Crippen molar-refractivity contribution in [2.75, 3.05) is 6.61 Å². The van der Waals surface area contributed by atoms with Crippen molar-refractivity contribution < 1.29 is 33.8 Å². The summed E-state index contributed by atoms with van der Waals surface area (Å²) in [4.78, 5) is 43.5. The largest absolute Gasteiger partial charge is 0.481 e. The van der Waals surface area contributed by atoms with Gasteiger partial charge in [0.05, 0.1) is 0 Å². The van der Waals surface area contributed by atoms with Crippen molar-refractivity contribution in [3.05, 3.63) is 0 Å². The van der Waals surface area contributed by atoms with Crippen molar-refractivity contribution in [2.24, 2.45) is 5.73 Å². The average Bonchev–Trinajstić information content (AvgIpc) is 2.33. The van der Waals surface area contributed by atoms with Crippen LogP contribution in [0.5, 0.6) is 0 Å². The third kappa shape index (κ3) is 8.72. The molecule has 0 fully saturated rings. The van der Waals surface area contributed by atoms with Crippen LogP contribution in [0.1, 0.15) is 32.6 Å². The normalized spacial score (nSPS) is 11.5. The molecule has 0 saturated heterocycles. The molecule has 8 heteroatoms. The summed E-state index contributed by atoms with van der Waals surface area (Å²) >= 11 is 0. The fourth-order valence-electron chi connectivity index (χ4n) is 1.05. The number of hydrogen-bond donors (Lipinski definition) is 2. The van der Waals surface area contributed by atoms with Crippen LogP contribution in [0.15, 0.2) is 0 Å². The Bertz CT molecular complexity index is 353. The highest BCUT2D eigenvalue weighted by Gasteiger charge is 2.19. The zero-order valence-electron chi connectivity index (χ0n) is 10.6. The van der Waals surface area contributed by atoms with Gasteiger partial charge in [-0.25, -0.2) is 4.79 Å². The number of carboxylic acid groups (broad SMARTS) is 1. The van der Waals surface area contributed by atoms with Crippen LogP contribution in [0.25, 0.3) is 0 Å². The summed E-state index contributed by atoms with van der Waals surface area (Å²) < 4.78 is 8.82. The van der Waals surface area contributed by atoms with Crippen LogP contribution in [0.3, 0.4) is 0 Å². The standard InChI is InChI=1S/C11H17NO7/c1-2-3-9(15)19-10(16)6-18-11(17)7(12)4-5-8(13)14/h7H,2-6,12H2,1H3,(H,13,14)/t7-/m0/s1. The van der Waals surface area contributed by atoms with Crippen molar-refractivity contribution in [3.8, 4) is 0 Å². The van der Waals surface area contributed by atoms with E-state index < -0.39 is 36.5 Å². The quantitative estimate of drug-likeness (QED) is 0.451.